The molecule has 1 unspecified atom stereocenters. The Morgan fingerprint density at radius 2 is 1.89 bits per heavy atom. The molecule has 3 heterocycles. The molecule has 2 saturated heterocycles. The summed E-state index contributed by atoms with van der Waals surface area (Å²) in [4.78, 5) is 46.2. The van der Waals surface area contributed by atoms with Crippen LogP contribution in [0.4, 0.5) is 9.18 Å². The second-order valence-electron chi connectivity index (χ2n) is 13.8. The van der Waals surface area contributed by atoms with Crippen molar-refractivity contribution in [2.45, 2.75) is 72.4 Å². The zero-order chi connectivity index (χ0) is 33.6. The number of benzene rings is 1. The van der Waals surface area contributed by atoms with E-state index in [1.54, 1.807) is 29.0 Å². The molecule has 13 heteroatoms. The van der Waals surface area contributed by atoms with Crippen molar-refractivity contribution in [3.05, 3.63) is 41.5 Å². The van der Waals surface area contributed by atoms with Crippen LogP contribution in [-0.2, 0) is 20.7 Å². The van der Waals surface area contributed by atoms with E-state index in [-0.39, 0.29) is 30.0 Å². The smallest absolute Gasteiger partial charge is 0.407 e. The largest absolute Gasteiger partial charge is 0.465 e. The summed E-state index contributed by atoms with van der Waals surface area (Å²) in [5, 5.41) is 19.1. The highest BCUT2D eigenvalue weighted by atomic mass is 19.1. The summed E-state index contributed by atoms with van der Waals surface area (Å²) < 4.78 is 26.4. The van der Waals surface area contributed by atoms with Crippen LogP contribution in [0.15, 0.2) is 24.3 Å². The van der Waals surface area contributed by atoms with Gasteiger partial charge in [-0.3, -0.25) is 9.59 Å². The Bertz CT molecular complexity index is 1350. The lowest BCUT2D eigenvalue weighted by Gasteiger charge is -2.52. The van der Waals surface area contributed by atoms with Gasteiger partial charge in [0.05, 0.1) is 42.6 Å². The summed E-state index contributed by atoms with van der Waals surface area (Å²) in [6.07, 6.45) is 1.04. The summed E-state index contributed by atoms with van der Waals surface area (Å²) in [5.41, 5.74) is 0.563. The number of methoxy groups -OCH3 is 1. The second kappa shape index (κ2) is 15.3. The Hall–Kier alpha value is -3.58. The van der Waals surface area contributed by atoms with E-state index in [1.165, 1.54) is 21.7 Å². The molecule has 4 rings (SSSR count). The highest BCUT2D eigenvalue weighted by Crippen LogP contribution is 2.38. The third-order valence-electron chi connectivity index (χ3n) is 8.70. The molecule has 254 valence electrons. The number of morpholine rings is 1. The van der Waals surface area contributed by atoms with E-state index < -0.39 is 35.3 Å². The van der Waals surface area contributed by atoms with Gasteiger partial charge in [-0.25, -0.2) is 13.9 Å². The van der Waals surface area contributed by atoms with Gasteiger partial charge in [0.15, 0.2) is 5.69 Å². The van der Waals surface area contributed by atoms with Crippen LogP contribution in [0.1, 0.15) is 70.1 Å². The van der Waals surface area contributed by atoms with Gasteiger partial charge >= 0.3 is 6.09 Å². The fourth-order valence-electron chi connectivity index (χ4n) is 6.76. The van der Waals surface area contributed by atoms with E-state index in [4.69, 9.17) is 9.47 Å². The minimum absolute atomic E-state index is 0.0292. The van der Waals surface area contributed by atoms with Crippen molar-refractivity contribution in [3.8, 4) is 5.69 Å². The van der Waals surface area contributed by atoms with Crippen molar-refractivity contribution in [2.75, 3.05) is 53.1 Å². The zero-order valence-corrected chi connectivity index (χ0v) is 27.9. The van der Waals surface area contributed by atoms with E-state index in [9.17, 15) is 23.9 Å². The summed E-state index contributed by atoms with van der Waals surface area (Å²) >= 11 is 0. The lowest BCUT2D eigenvalue weighted by Crippen LogP contribution is -2.66. The molecule has 0 bridgehead atoms. The van der Waals surface area contributed by atoms with Crippen LogP contribution in [0.3, 0.4) is 0 Å². The van der Waals surface area contributed by atoms with Crippen LogP contribution >= 0.6 is 0 Å². The van der Waals surface area contributed by atoms with Crippen LogP contribution < -0.4 is 0 Å². The minimum Gasteiger partial charge on any atom is -0.465 e. The fraction of sp³-hybridized carbons (Fsp3) is 0.667. The van der Waals surface area contributed by atoms with E-state index >= 15 is 0 Å². The fourth-order valence-corrected chi connectivity index (χ4v) is 6.76. The monoisotopic (exact) mass is 644 g/mol. The number of ether oxygens (including phenoxy) is 2. The molecule has 2 aliphatic heterocycles. The van der Waals surface area contributed by atoms with Crippen molar-refractivity contribution in [1.29, 1.82) is 0 Å². The number of carboxylic acid groups (broad SMARTS) is 1. The van der Waals surface area contributed by atoms with Crippen molar-refractivity contribution >= 4 is 17.9 Å². The molecule has 2 aromatic rings. The number of hydrogen-bond acceptors (Lipinski definition) is 7. The van der Waals surface area contributed by atoms with Gasteiger partial charge in [0.1, 0.15) is 5.82 Å². The maximum absolute atomic E-state index is 14.8. The van der Waals surface area contributed by atoms with Gasteiger partial charge in [0.25, 0.3) is 5.91 Å². The molecule has 3 atom stereocenters. The number of aromatic nitrogens is 3. The normalized spacial score (nSPS) is 20.7. The third kappa shape index (κ3) is 8.22. The molecule has 1 aromatic heterocycles. The number of halogens is 1. The molecule has 3 amide bonds. The van der Waals surface area contributed by atoms with Crippen molar-refractivity contribution < 1.29 is 33.4 Å². The molecule has 1 N–H and O–H groups in total. The average Bonchev–Trinajstić information content (AvgIpc) is 3.44. The van der Waals surface area contributed by atoms with E-state index in [0.717, 1.165) is 6.42 Å². The van der Waals surface area contributed by atoms with Crippen LogP contribution in [0, 0.1) is 23.1 Å². The number of carbonyl (C=O) groups is 3. The number of carbonyl (C=O) groups excluding carboxylic acids is 2. The van der Waals surface area contributed by atoms with E-state index in [2.05, 4.69) is 10.3 Å². The first-order chi connectivity index (χ1) is 21.8. The SMILES string of the molecule is COCCCCc1c(C(=O)N(CC(C)C)[C@H]2C[C@@H](C(=O)N3CCOCC3)CN(C(=O)O)C2C(C)(C)C)nnn1-c1cccc(F)c1. The van der Waals surface area contributed by atoms with Crippen LogP contribution in [0.25, 0.3) is 5.69 Å². The molecule has 1 aromatic carbocycles. The third-order valence-corrected chi connectivity index (χ3v) is 8.70. The highest BCUT2D eigenvalue weighted by Gasteiger charge is 2.50. The van der Waals surface area contributed by atoms with Gasteiger partial charge in [-0.05, 0) is 55.2 Å². The predicted molar refractivity (Wildman–Crippen MR) is 169 cm³/mol. The maximum atomic E-state index is 14.8. The van der Waals surface area contributed by atoms with E-state index in [1.807, 2.05) is 34.6 Å². The average molecular weight is 645 g/mol. The molecule has 0 spiro atoms. The Labute approximate surface area is 270 Å². The molecular formula is C33H49FN6O6. The number of piperidine rings is 1. The first kappa shape index (κ1) is 35.3. The highest BCUT2D eigenvalue weighted by molar-refractivity contribution is 5.94. The van der Waals surface area contributed by atoms with Crippen LogP contribution in [0.2, 0.25) is 0 Å². The Balaban J connectivity index is 1.79. The Morgan fingerprint density at radius 3 is 2.50 bits per heavy atom. The topological polar surface area (TPSA) is 130 Å². The van der Waals surface area contributed by atoms with Gasteiger partial charge in [-0.1, -0.05) is 45.9 Å². The van der Waals surface area contributed by atoms with Crippen molar-refractivity contribution in [2.24, 2.45) is 17.3 Å². The maximum Gasteiger partial charge on any atom is 0.407 e. The number of unbranched alkanes of at least 4 members (excludes halogenated alkanes) is 1. The first-order valence-electron chi connectivity index (χ1n) is 16.2. The molecular weight excluding hydrogens is 595 g/mol. The van der Waals surface area contributed by atoms with Crippen LogP contribution in [-0.4, -0.2) is 118 Å². The number of likely N-dealkylation sites (tertiary alicyclic amines) is 1. The van der Waals surface area contributed by atoms with Gasteiger partial charge in [-0.15, -0.1) is 5.10 Å². The van der Waals surface area contributed by atoms with Gasteiger partial charge in [-0.2, -0.15) is 0 Å². The minimum atomic E-state index is -1.13. The molecule has 2 aliphatic rings. The summed E-state index contributed by atoms with van der Waals surface area (Å²) in [7, 11) is 1.63. The van der Waals surface area contributed by atoms with Gasteiger partial charge in [0, 0.05) is 39.9 Å². The van der Waals surface area contributed by atoms with Crippen molar-refractivity contribution in [3.63, 3.8) is 0 Å². The summed E-state index contributed by atoms with van der Waals surface area (Å²) in [5.74, 6) is -1.55. The number of hydrogen-bond donors (Lipinski definition) is 1. The molecule has 0 aliphatic carbocycles. The van der Waals surface area contributed by atoms with Crippen molar-refractivity contribution in [1.82, 2.24) is 29.7 Å². The lowest BCUT2D eigenvalue weighted by molar-refractivity contribution is -0.144. The molecule has 0 radical (unpaired) electrons. The number of nitrogens with zero attached hydrogens (tertiary/aromatic N) is 6. The molecule has 12 nitrogen and oxygen atoms in total. The van der Waals surface area contributed by atoms with Gasteiger partial charge in [0.2, 0.25) is 5.91 Å². The zero-order valence-electron chi connectivity index (χ0n) is 27.9. The molecule has 0 saturated carbocycles. The summed E-state index contributed by atoms with van der Waals surface area (Å²) in [6, 6.07) is 4.76. The summed E-state index contributed by atoms with van der Waals surface area (Å²) in [6.45, 7) is 12.5. The molecule has 46 heavy (non-hydrogen) atoms. The second-order valence-corrected chi connectivity index (χ2v) is 13.8. The standard InChI is InChI=1S/C33H49FN6O6/c1-22(2)20-38(31(42)28-26(12-7-8-15-45-6)40(36-35-28)25-11-9-10-24(34)19-25)27-18-23(30(41)37-13-16-46-17-14-37)21-39(32(43)44)29(27)33(3,4)5/h9-11,19,22-23,27,29H,7-8,12-18,20-21H2,1-6H3,(H,43,44)/t23-,27+,29?/m1/s1. The first-order valence-corrected chi connectivity index (χ1v) is 16.2. The Morgan fingerprint density at radius 1 is 1.17 bits per heavy atom. The number of amides is 3. The quantitative estimate of drug-likeness (QED) is 0.362. The van der Waals surface area contributed by atoms with E-state index in [0.29, 0.717) is 70.1 Å². The Kier molecular flexibility index (Phi) is 11.8. The van der Waals surface area contributed by atoms with Gasteiger partial charge < -0.3 is 29.3 Å². The van der Waals surface area contributed by atoms with Crippen LogP contribution in [0.5, 0.6) is 0 Å². The predicted octanol–water partition coefficient (Wildman–Crippen LogP) is 4.12. The lowest BCUT2D eigenvalue weighted by atomic mass is 9.74. The molecule has 2 fully saturated rings. The number of rotatable bonds is 11.